The first-order chi connectivity index (χ1) is 29.8. The predicted octanol–water partition coefficient (Wildman–Crippen LogP) is 2.06. The van der Waals surface area contributed by atoms with Gasteiger partial charge in [0.05, 0.1) is 12.5 Å². The highest BCUT2D eigenvalue weighted by molar-refractivity contribution is 5.97. The number of aliphatic hydroxyl groups is 1. The molecule has 0 aliphatic carbocycles. The predicted molar refractivity (Wildman–Crippen MR) is 235 cm³/mol. The number of phenolic OH excluding ortho intramolecular Hbond substituents is 1. The molecular formula is C45H73N7O11. The van der Waals surface area contributed by atoms with E-state index in [1.807, 2.05) is 13.8 Å². The Morgan fingerprint density at radius 1 is 0.698 bits per heavy atom. The molecule has 0 radical (unpaired) electrons. The minimum Gasteiger partial charge on any atom is -0.508 e. The summed E-state index contributed by atoms with van der Waals surface area (Å²) in [7, 11) is 0. The van der Waals surface area contributed by atoms with Gasteiger partial charge in [0.1, 0.15) is 48.1 Å². The molecule has 2 rings (SSSR count). The van der Waals surface area contributed by atoms with Gasteiger partial charge in [-0.25, -0.2) is 4.79 Å². The fourth-order valence-corrected chi connectivity index (χ4v) is 7.09. The monoisotopic (exact) mass is 888 g/mol. The Morgan fingerprint density at radius 3 is 1.81 bits per heavy atom. The topological polar surface area (TPSA) is 284 Å². The first kappa shape index (κ1) is 53.9. The van der Waals surface area contributed by atoms with E-state index in [9.17, 15) is 48.6 Å². The quantitative estimate of drug-likeness (QED) is 0.0760. The average Bonchev–Trinajstić information content (AvgIpc) is 3.23. The molecule has 10 N–H and O–H groups in total. The second kappa shape index (κ2) is 27.7. The number of ether oxygens (including phenoxy) is 1. The van der Waals surface area contributed by atoms with Gasteiger partial charge >= 0.3 is 5.97 Å². The van der Waals surface area contributed by atoms with E-state index in [1.165, 1.54) is 45.7 Å². The molecule has 1 aliphatic rings. The Labute approximate surface area is 371 Å². The van der Waals surface area contributed by atoms with Crippen molar-refractivity contribution in [1.82, 2.24) is 31.9 Å². The van der Waals surface area contributed by atoms with E-state index in [0.717, 1.165) is 38.5 Å². The number of aliphatic hydroxyl groups excluding tert-OH is 1. The van der Waals surface area contributed by atoms with E-state index in [2.05, 4.69) is 38.8 Å². The number of benzene rings is 1. The van der Waals surface area contributed by atoms with E-state index in [4.69, 9.17) is 10.5 Å². The molecule has 354 valence electrons. The summed E-state index contributed by atoms with van der Waals surface area (Å²) in [6.45, 7) is 11.5. The molecule has 0 aromatic heterocycles. The summed E-state index contributed by atoms with van der Waals surface area (Å²) in [5.41, 5.74) is 5.90. The van der Waals surface area contributed by atoms with Gasteiger partial charge in [-0.15, -0.1) is 0 Å². The molecule has 1 saturated heterocycles. The molecule has 18 heteroatoms. The molecule has 0 spiro atoms. The molecule has 18 nitrogen and oxygen atoms in total. The zero-order chi connectivity index (χ0) is 47.2. The van der Waals surface area contributed by atoms with Gasteiger partial charge in [-0.05, 0) is 63.1 Å². The second-order valence-corrected chi connectivity index (χ2v) is 17.0. The van der Waals surface area contributed by atoms with Crippen molar-refractivity contribution in [2.24, 2.45) is 17.6 Å². The molecule has 1 aromatic carbocycles. The van der Waals surface area contributed by atoms with Crippen molar-refractivity contribution in [3.63, 3.8) is 0 Å². The Kier molecular flexibility index (Phi) is 23.7. The smallest absolute Gasteiger partial charge is 0.329 e. The number of nitrogens with two attached hydrogens (primary N) is 1. The third kappa shape index (κ3) is 19.3. The van der Waals surface area contributed by atoms with Gasteiger partial charge in [-0.3, -0.25) is 33.6 Å². The summed E-state index contributed by atoms with van der Waals surface area (Å²) in [6.07, 6.45) is 5.99. The lowest BCUT2D eigenvalue weighted by atomic mass is 9.93. The van der Waals surface area contributed by atoms with Crippen LogP contribution in [0.25, 0.3) is 0 Å². The van der Waals surface area contributed by atoms with Crippen LogP contribution in [-0.4, -0.2) is 106 Å². The second-order valence-electron chi connectivity index (χ2n) is 17.0. The maximum absolute atomic E-state index is 14.3. The average molecular weight is 888 g/mol. The van der Waals surface area contributed by atoms with Crippen LogP contribution in [0.4, 0.5) is 0 Å². The van der Waals surface area contributed by atoms with Crippen LogP contribution in [-0.2, 0) is 49.5 Å². The summed E-state index contributed by atoms with van der Waals surface area (Å²) < 4.78 is 6.10. The van der Waals surface area contributed by atoms with Crippen molar-refractivity contribution in [2.45, 2.75) is 187 Å². The largest absolute Gasteiger partial charge is 0.508 e. The van der Waals surface area contributed by atoms with Crippen molar-refractivity contribution in [1.29, 1.82) is 0 Å². The normalized spacial score (nSPS) is 25.3. The maximum atomic E-state index is 14.3. The highest BCUT2D eigenvalue weighted by Gasteiger charge is 2.37. The Hall–Kier alpha value is -5.26. The third-order valence-corrected chi connectivity index (χ3v) is 11.5. The van der Waals surface area contributed by atoms with Gasteiger partial charge in [-0.2, -0.15) is 0 Å². The number of esters is 1. The SMILES string of the molecule is CCCCCCCCCC[C@@H](C)[C@@H]1CC(=O)N[C@H]([C@@H](C)O)C(=O)N[C@@H](C)C(=O)N[C@H](C)C(=O)N[C@@H](CCC(N)=O)C(=O)N[C@H](Cc2ccc(O)cc2)C(=O)N[C@@H](C(C)CC)C(=O)O1. The van der Waals surface area contributed by atoms with Crippen molar-refractivity contribution in [3.05, 3.63) is 29.8 Å². The highest BCUT2D eigenvalue weighted by atomic mass is 16.5. The van der Waals surface area contributed by atoms with E-state index < -0.39 is 108 Å². The van der Waals surface area contributed by atoms with Gasteiger partial charge in [0.25, 0.3) is 0 Å². The number of nitrogens with one attached hydrogen (secondary N) is 6. The summed E-state index contributed by atoms with van der Waals surface area (Å²) in [6, 6.07) is -2.24. The van der Waals surface area contributed by atoms with Gasteiger partial charge < -0.3 is 52.6 Å². The van der Waals surface area contributed by atoms with Crippen LogP contribution >= 0.6 is 0 Å². The van der Waals surface area contributed by atoms with Gasteiger partial charge in [0.2, 0.25) is 41.4 Å². The summed E-state index contributed by atoms with van der Waals surface area (Å²) in [4.78, 5) is 108. The molecule has 1 unspecified atom stereocenters. The lowest BCUT2D eigenvalue weighted by Crippen LogP contribution is -2.60. The molecule has 1 fully saturated rings. The van der Waals surface area contributed by atoms with E-state index in [-0.39, 0.29) is 30.9 Å². The summed E-state index contributed by atoms with van der Waals surface area (Å²) in [5, 5.41) is 35.8. The Balaban J connectivity index is 2.61. The highest BCUT2D eigenvalue weighted by Crippen LogP contribution is 2.23. The lowest BCUT2D eigenvalue weighted by Gasteiger charge is -2.31. The Bertz CT molecular complexity index is 1670. The van der Waals surface area contributed by atoms with Crippen LogP contribution in [0, 0.1) is 11.8 Å². The number of primary amides is 1. The molecule has 0 bridgehead atoms. The molecule has 1 aromatic rings. The summed E-state index contributed by atoms with van der Waals surface area (Å²) in [5.74, 6) is -7.44. The number of carbonyl (C=O) groups is 8. The van der Waals surface area contributed by atoms with Crippen LogP contribution in [0.15, 0.2) is 24.3 Å². The Morgan fingerprint density at radius 2 is 1.24 bits per heavy atom. The molecule has 7 amide bonds. The standard InChI is InChI=1S/C45H73N7O11/c1-8-10-11-12-13-14-15-16-17-27(4)35-25-37(56)51-39(30(7)53)44(61)48-28(5)40(57)47-29(6)41(58)49-33(22-23-36(46)55)42(59)50-34(24-31-18-20-32(54)21-19-31)43(60)52-38(26(3)9-2)45(62)63-35/h18-21,26-30,33-35,38-39,53-54H,8-17,22-25H2,1-7H3,(H2,46,55)(H,47,57)(H,48,61)(H,49,58)(H,50,59)(H,51,56)(H,52,60)/t26?,27-,28+,29-,30-,33+,34-,35+,38+,39-/m1/s1. The fraction of sp³-hybridized carbons (Fsp3) is 0.689. The number of carbonyl (C=O) groups excluding carboxylic acids is 8. The molecule has 0 saturated carbocycles. The fourth-order valence-electron chi connectivity index (χ4n) is 7.09. The molecular weight excluding hydrogens is 815 g/mol. The molecule has 1 heterocycles. The zero-order valence-corrected chi connectivity index (χ0v) is 38.1. The van der Waals surface area contributed by atoms with Gasteiger partial charge in [-0.1, -0.05) is 97.6 Å². The lowest BCUT2D eigenvalue weighted by molar-refractivity contribution is -0.159. The van der Waals surface area contributed by atoms with Crippen molar-refractivity contribution in [3.8, 4) is 5.75 Å². The van der Waals surface area contributed by atoms with E-state index in [0.29, 0.717) is 18.4 Å². The van der Waals surface area contributed by atoms with Crippen LogP contribution in [0.2, 0.25) is 0 Å². The third-order valence-electron chi connectivity index (χ3n) is 11.5. The number of hydrogen-bond acceptors (Lipinski definition) is 11. The van der Waals surface area contributed by atoms with E-state index in [1.54, 1.807) is 19.1 Å². The first-order valence-electron chi connectivity index (χ1n) is 22.5. The van der Waals surface area contributed by atoms with Crippen molar-refractivity contribution < 1.29 is 53.3 Å². The number of rotatable bonds is 18. The number of phenols is 1. The minimum atomic E-state index is -1.52. The van der Waals surface area contributed by atoms with Crippen LogP contribution in [0.5, 0.6) is 5.75 Å². The maximum Gasteiger partial charge on any atom is 0.329 e. The first-order valence-corrected chi connectivity index (χ1v) is 22.5. The summed E-state index contributed by atoms with van der Waals surface area (Å²) >= 11 is 0. The zero-order valence-electron chi connectivity index (χ0n) is 38.1. The number of hydrogen-bond donors (Lipinski definition) is 9. The van der Waals surface area contributed by atoms with Crippen molar-refractivity contribution >= 4 is 47.3 Å². The van der Waals surface area contributed by atoms with Crippen LogP contribution in [0.1, 0.15) is 138 Å². The van der Waals surface area contributed by atoms with E-state index >= 15 is 0 Å². The number of cyclic esters (lactones) is 1. The van der Waals surface area contributed by atoms with Crippen LogP contribution < -0.4 is 37.6 Å². The molecule has 63 heavy (non-hydrogen) atoms. The molecule has 10 atom stereocenters. The number of unbranched alkanes of at least 4 members (excludes halogenated alkanes) is 7. The van der Waals surface area contributed by atoms with Gasteiger partial charge in [0.15, 0.2) is 0 Å². The number of aromatic hydroxyl groups is 1. The van der Waals surface area contributed by atoms with Crippen LogP contribution in [0.3, 0.4) is 0 Å². The van der Waals surface area contributed by atoms with Gasteiger partial charge in [0, 0.05) is 12.8 Å². The number of amides is 7. The van der Waals surface area contributed by atoms with Crippen molar-refractivity contribution in [2.75, 3.05) is 0 Å². The molecule has 1 aliphatic heterocycles. The minimum absolute atomic E-state index is 0.0390.